The van der Waals surface area contributed by atoms with E-state index >= 15 is 0 Å². The predicted octanol–water partition coefficient (Wildman–Crippen LogP) is 0.999. The second kappa shape index (κ2) is 4.88. The van der Waals surface area contributed by atoms with E-state index < -0.39 is 0 Å². The topological polar surface area (TPSA) is 32.3 Å². The SMILES string of the molecule is C#CCN(C)C(=O)CC1CC2CCC(C1)N2. The van der Waals surface area contributed by atoms with Crippen LogP contribution in [0.5, 0.6) is 0 Å². The molecule has 88 valence electrons. The van der Waals surface area contributed by atoms with Gasteiger partial charge in [-0.05, 0) is 31.6 Å². The molecule has 3 nitrogen and oxygen atoms in total. The van der Waals surface area contributed by atoms with Gasteiger partial charge >= 0.3 is 0 Å². The molecule has 0 aliphatic carbocycles. The minimum absolute atomic E-state index is 0.198. The van der Waals surface area contributed by atoms with Crippen molar-refractivity contribution in [1.82, 2.24) is 10.2 Å². The van der Waals surface area contributed by atoms with Crippen LogP contribution in [0.4, 0.5) is 0 Å². The van der Waals surface area contributed by atoms with Crippen LogP contribution in [-0.4, -0.2) is 36.5 Å². The summed E-state index contributed by atoms with van der Waals surface area (Å²) in [5, 5.41) is 3.59. The Labute approximate surface area is 97.6 Å². The second-order valence-corrected chi connectivity index (χ2v) is 5.13. The van der Waals surface area contributed by atoms with Crippen molar-refractivity contribution in [2.45, 2.75) is 44.2 Å². The van der Waals surface area contributed by atoms with Gasteiger partial charge in [0, 0.05) is 25.6 Å². The van der Waals surface area contributed by atoms with Crippen molar-refractivity contribution in [1.29, 1.82) is 0 Å². The van der Waals surface area contributed by atoms with Gasteiger partial charge in [0.05, 0.1) is 6.54 Å². The molecule has 2 saturated heterocycles. The normalized spacial score (nSPS) is 32.1. The third-order valence-corrected chi connectivity index (χ3v) is 3.79. The zero-order chi connectivity index (χ0) is 11.5. The lowest BCUT2D eigenvalue weighted by Gasteiger charge is -2.29. The van der Waals surface area contributed by atoms with Gasteiger partial charge in [-0.25, -0.2) is 0 Å². The Kier molecular flexibility index (Phi) is 3.50. The van der Waals surface area contributed by atoms with E-state index in [9.17, 15) is 4.79 Å². The van der Waals surface area contributed by atoms with Crippen molar-refractivity contribution < 1.29 is 4.79 Å². The first-order chi connectivity index (χ1) is 7.69. The van der Waals surface area contributed by atoms with Gasteiger partial charge in [-0.3, -0.25) is 4.79 Å². The molecule has 0 saturated carbocycles. The van der Waals surface area contributed by atoms with Crippen molar-refractivity contribution in [3.63, 3.8) is 0 Å². The van der Waals surface area contributed by atoms with E-state index in [1.54, 1.807) is 11.9 Å². The molecule has 2 atom stereocenters. The largest absolute Gasteiger partial charge is 0.335 e. The number of piperidine rings is 1. The number of fused-ring (bicyclic) bond motifs is 2. The van der Waals surface area contributed by atoms with Crippen molar-refractivity contribution in [2.24, 2.45) is 5.92 Å². The summed E-state index contributed by atoms with van der Waals surface area (Å²) in [4.78, 5) is 13.5. The average molecular weight is 220 g/mol. The van der Waals surface area contributed by atoms with Crippen molar-refractivity contribution >= 4 is 5.91 Å². The maximum atomic E-state index is 11.8. The summed E-state index contributed by atoms with van der Waals surface area (Å²) < 4.78 is 0. The number of terminal acetylenes is 1. The highest BCUT2D eigenvalue weighted by atomic mass is 16.2. The van der Waals surface area contributed by atoms with Crippen LogP contribution in [0.15, 0.2) is 0 Å². The molecule has 2 aliphatic rings. The molecule has 3 heteroatoms. The van der Waals surface area contributed by atoms with E-state index in [0.29, 0.717) is 31.0 Å². The summed E-state index contributed by atoms with van der Waals surface area (Å²) in [7, 11) is 1.79. The number of nitrogens with zero attached hydrogens (tertiary/aromatic N) is 1. The molecule has 2 bridgehead atoms. The summed E-state index contributed by atoms with van der Waals surface area (Å²) in [5.41, 5.74) is 0. The van der Waals surface area contributed by atoms with Crippen LogP contribution < -0.4 is 5.32 Å². The lowest BCUT2D eigenvalue weighted by atomic mass is 9.89. The molecule has 16 heavy (non-hydrogen) atoms. The van der Waals surface area contributed by atoms with E-state index in [4.69, 9.17) is 6.42 Å². The molecule has 2 unspecified atom stereocenters. The Morgan fingerprint density at radius 2 is 2.06 bits per heavy atom. The standard InChI is InChI=1S/C13H20N2O/c1-3-6-15(2)13(16)9-10-7-11-4-5-12(8-10)14-11/h1,10-12,14H,4-9H2,2H3. The lowest BCUT2D eigenvalue weighted by molar-refractivity contribution is -0.130. The van der Waals surface area contributed by atoms with Gasteiger partial charge in [0.1, 0.15) is 0 Å². The van der Waals surface area contributed by atoms with Crippen molar-refractivity contribution in [3.8, 4) is 12.3 Å². The number of amides is 1. The monoisotopic (exact) mass is 220 g/mol. The Hall–Kier alpha value is -1.01. The third-order valence-electron chi connectivity index (χ3n) is 3.79. The molecule has 0 radical (unpaired) electrons. The highest BCUT2D eigenvalue weighted by Gasteiger charge is 2.34. The van der Waals surface area contributed by atoms with E-state index in [2.05, 4.69) is 11.2 Å². The number of carbonyl (C=O) groups is 1. The van der Waals surface area contributed by atoms with E-state index in [1.807, 2.05) is 0 Å². The fourth-order valence-electron chi connectivity index (χ4n) is 2.97. The summed E-state index contributed by atoms with van der Waals surface area (Å²) in [6, 6.07) is 1.32. The number of hydrogen-bond donors (Lipinski definition) is 1. The molecule has 2 aliphatic heterocycles. The summed E-state index contributed by atoms with van der Waals surface area (Å²) in [5.74, 6) is 3.27. The highest BCUT2D eigenvalue weighted by molar-refractivity contribution is 5.76. The van der Waals surface area contributed by atoms with Gasteiger partial charge in [0.25, 0.3) is 0 Å². The predicted molar refractivity (Wildman–Crippen MR) is 63.8 cm³/mol. The maximum absolute atomic E-state index is 11.8. The first-order valence-electron chi connectivity index (χ1n) is 6.12. The first-order valence-corrected chi connectivity index (χ1v) is 6.12. The molecule has 1 amide bonds. The molecular formula is C13H20N2O. The van der Waals surface area contributed by atoms with Crippen LogP contribution in [-0.2, 0) is 4.79 Å². The van der Waals surface area contributed by atoms with Crippen LogP contribution in [0.3, 0.4) is 0 Å². The Morgan fingerprint density at radius 3 is 2.62 bits per heavy atom. The Bertz CT molecular complexity index is 296. The van der Waals surface area contributed by atoms with Gasteiger partial charge in [0.15, 0.2) is 0 Å². The van der Waals surface area contributed by atoms with Crippen LogP contribution in [0.1, 0.15) is 32.1 Å². The van der Waals surface area contributed by atoms with Crippen LogP contribution in [0, 0.1) is 18.3 Å². The van der Waals surface area contributed by atoms with Crippen molar-refractivity contribution in [2.75, 3.05) is 13.6 Å². The van der Waals surface area contributed by atoms with Gasteiger partial charge < -0.3 is 10.2 Å². The van der Waals surface area contributed by atoms with Gasteiger partial charge in [-0.2, -0.15) is 0 Å². The van der Waals surface area contributed by atoms with E-state index in [1.165, 1.54) is 12.8 Å². The quantitative estimate of drug-likeness (QED) is 0.720. The summed E-state index contributed by atoms with van der Waals surface area (Å²) in [6.45, 7) is 0.427. The number of hydrogen-bond acceptors (Lipinski definition) is 2. The molecule has 0 aromatic carbocycles. The molecular weight excluding hydrogens is 200 g/mol. The minimum Gasteiger partial charge on any atom is -0.335 e. The number of rotatable bonds is 3. The van der Waals surface area contributed by atoms with E-state index in [-0.39, 0.29) is 5.91 Å². The molecule has 0 spiro atoms. The molecule has 2 heterocycles. The van der Waals surface area contributed by atoms with Crippen LogP contribution >= 0.6 is 0 Å². The van der Waals surface area contributed by atoms with Crippen LogP contribution in [0.2, 0.25) is 0 Å². The average Bonchev–Trinajstić information content (AvgIpc) is 2.58. The summed E-state index contributed by atoms with van der Waals surface area (Å²) in [6.07, 6.45) is 10.8. The molecule has 2 rings (SSSR count). The molecule has 0 aromatic rings. The summed E-state index contributed by atoms with van der Waals surface area (Å²) >= 11 is 0. The van der Waals surface area contributed by atoms with Gasteiger partial charge in [0.2, 0.25) is 5.91 Å². The van der Waals surface area contributed by atoms with Crippen LogP contribution in [0.25, 0.3) is 0 Å². The zero-order valence-electron chi connectivity index (χ0n) is 9.91. The molecule has 0 aromatic heterocycles. The smallest absolute Gasteiger partial charge is 0.223 e. The lowest BCUT2D eigenvalue weighted by Crippen LogP contribution is -2.40. The number of nitrogens with one attached hydrogen (secondary N) is 1. The van der Waals surface area contributed by atoms with Gasteiger partial charge in [-0.1, -0.05) is 5.92 Å². The highest BCUT2D eigenvalue weighted by Crippen LogP contribution is 2.32. The minimum atomic E-state index is 0.198. The third kappa shape index (κ3) is 2.56. The fourth-order valence-corrected chi connectivity index (χ4v) is 2.97. The van der Waals surface area contributed by atoms with Gasteiger partial charge in [-0.15, -0.1) is 6.42 Å². The van der Waals surface area contributed by atoms with E-state index in [0.717, 1.165) is 12.8 Å². The second-order valence-electron chi connectivity index (χ2n) is 5.13. The first kappa shape index (κ1) is 11.5. The molecule has 2 fully saturated rings. The number of carbonyl (C=O) groups excluding carboxylic acids is 1. The zero-order valence-corrected chi connectivity index (χ0v) is 9.91. The molecule has 1 N–H and O–H groups in total. The Balaban J connectivity index is 1.82. The van der Waals surface area contributed by atoms with Crippen molar-refractivity contribution in [3.05, 3.63) is 0 Å². The maximum Gasteiger partial charge on any atom is 0.223 e. The Morgan fingerprint density at radius 1 is 1.44 bits per heavy atom. The fraction of sp³-hybridized carbons (Fsp3) is 0.769.